The first-order valence-corrected chi connectivity index (χ1v) is 8.37. The molecule has 1 fully saturated rings. The molecule has 0 spiro atoms. The van der Waals surface area contributed by atoms with Crippen molar-refractivity contribution in [1.82, 2.24) is 5.32 Å². The molecule has 124 valence electrons. The standard InChI is InChI=1S/C12H15BrFN.C5H10O2/c13-11-2-1-10(8-12(11)14)7-9-3-5-15-6-4-9;1-5(2,3)7-4-6/h1-2,8-9,15H,3-7H2;4H,1-3H3. The summed E-state index contributed by atoms with van der Waals surface area (Å²) in [5, 5.41) is 3.34. The number of benzene rings is 1. The highest BCUT2D eigenvalue weighted by Gasteiger charge is 2.14. The molecule has 1 aliphatic rings. The van der Waals surface area contributed by atoms with Gasteiger partial charge in [0.05, 0.1) is 4.47 Å². The van der Waals surface area contributed by atoms with E-state index in [0.29, 0.717) is 16.9 Å². The van der Waals surface area contributed by atoms with Crippen molar-refractivity contribution < 1.29 is 13.9 Å². The summed E-state index contributed by atoms with van der Waals surface area (Å²) in [6.07, 6.45) is 3.42. The van der Waals surface area contributed by atoms with Crippen molar-refractivity contribution in [2.24, 2.45) is 5.92 Å². The Hall–Kier alpha value is -0.940. The molecule has 1 aromatic carbocycles. The van der Waals surface area contributed by atoms with Crippen LogP contribution in [0.25, 0.3) is 0 Å². The number of carbonyl (C=O) groups excluding carboxylic acids is 1. The zero-order valence-corrected chi connectivity index (χ0v) is 15.1. The molecule has 1 aromatic rings. The lowest BCUT2D eigenvalue weighted by Crippen LogP contribution is -2.28. The van der Waals surface area contributed by atoms with Crippen molar-refractivity contribution in [3.63, 3.8) is 0 Å². The van der Waals surface area contributed by atoms with Crippen molar-refractivity contribution in [3.05, 3.63) is 34.1 Å². The Bertz CT molecular complexity index is 468. The largest absolute Gasteiger partial charge is 0.462 e. The lowest BCUT2D eigenvalue weighted by atomic mass is 9.91. The molecule has 1 saturated heterocycles. The summed E-state index contributed by atoms with van der Waals surface area (Å²) in [7, 11) is 0. The molecule has 0 saturated carbocycles. The van der Waals surface area contributed by atoms with E-state index < -0.39 is 0 Å². The minimum Gasteiger partial charge on any atom is -0.462 e. The average Bonchev–Trinajstić information content (AvgIpc) is 2.43. The fraction of sp³-hybridized carbons (Fsp3) is 0.588. The first kappa shape index (κ1) is 19.1. The number of rotatable bonds is 3. The Labute approximate surface area is 140 Å². The van der Waals surface area contributed by atoms with Gasteiger partial charge in [-0.15, -0.1) is 0 Å². The van der Waals surface area contributed by atoms with E-state index in [9.17, 15) is 9.18 Å². The molecule has 1 heterocycles. The molecule has 1 N–H and O–H groups in total. The summed E-state index contributed by atoms with van der Waals surface area (Å²) >= 11 is 3.17. The molecule has 0 aromatic heterocycles. The second-order valence-electron chi connectivity index (χ2n) is 6.47. The number of nitrogens with one attached hydrogen (secondary N) is 1. The van der Waals surface area contributed by atoms with Gasteiger partial charge in [-0.3, -0.25) is 4.79 Å². The summed E-state index contributed by atoms with van der Waals surface area (Å²) in [4.78, 5) is 9.60. The van der Waals surface area contributed by atoms with Gasteiger partial charge in [0.25, 0.3) is 6.47 Å². The Morgan fingerprint density at radius 1 is 1.36 bits per heavy atom. The van der Waals surface area contributed by atoms with Gasteiger partial charge >= 0.3 is 0 Å². The monoisotopic (exact) mass is 373 g/mol. The highest BCUT2D eigenvalue weighted by atomic mass is 79.9. The number of hydrogen-bond acceptors (Lipinski definition) is 3. The van der Waals surface area contributed by atoms with Crippen molar-refractivity contribution in [3.8, 4) is 0 Å². The lowest BCUT2D eigenvalue weighted by molar-refractivity contribution is -0.138. The van der Waals surface area contributed by atoms with Gasteiger partial charge in [-0.2, -0.15) is 0 Å². The maximum Gasteiger partial charge on any atom is 0.293 e. The molecule has 0 radical (unpaired) electrons. The van der Waals surface area contributed by atoms with Gasteiger partial charge in [-0.1, -0.05) is 6.07 Å². The Balaban J connectivity index is 0.000000295. The van der Waals surface area contributed by atoms with Crippen molar-refractivity contribution in [1.29, 1.82) is 0 Å². The SMILES string of the molecule is CC(C)(C)OC=O.Fc1cc(CC2CCNCC2)ccc1Br. The zero-order chi connectivity index (χ0) is 16.6. The van der Waals surface area contributed by atoms with Gasteiger partial charge in [-0.05, 0) is 92.7 Å². The summed E-state index contributed by atoms with van der Waals surface area (Å²) in [5.41, 5.74) is 0.796. The van der Waals surface area contributed by atoms with Crippen molar-refractivity contribution >= 4 is 22.4 Å². The van der Waals surface area contributed by atoms with Crippen LogP contribution in [-0.4, -0.2) is 25.2 Å². The summed E-state index contributed by atoms with van der Waals surface area (Å²) in [5.74, 6) is 0.563. The highest BCUT2D eigenvalue weighted by molar-refractivity contribution is 9.10. The smallest absolute Gasteiger partial charge is 0.293 e. The van der Waals surface area contributed by atoms with Gasteiger partial charge in [0, 0.05) is 0 Å². The van der Waals surface area contributed by atoms with E-state index in [-0.39, 0.29) is 11.4 Å². The Kier molecular flexibility index (Phi) is 8.04. The minimum atomic E-state index is -0.318. The molecular weight excluding hydrogens is 349 g/mol. The van der Waals surface area contributed by atoms with Crippen LogP contribution in [0.3, 0.4) is 0 Å². The normalized spacial score (nSPS) is 15.7. The summed E-state index contributed by atoms with van der Waals surface area (Å²) < 4.78 is 18.4. The number of hydrogen-bond donors (Lipinski definition) is 1. The molecule has 1 aliphatic heterocycles. The van der Waals surface area contributed by atoms with E-state index in [0.717, 1.165) is 25.1 Å². The van der Waals surface area contributed by atoms with E-state index >= 15 is 0 Å². The fourth-order valence-corrected chi connectivity index (χ4v) is 2.48. The minimum absolute atomic E-state index is 0.151. The van der Waals surface area contributed by atoms with Gasteiger partial charge in [0.2, 0.25) is 0 Å². The molecule has 0 atom stereocenters. The summed E-state index contributed by atoms with van der Waals surface area (Å²) in [6.45, 7) is 8.12. The van der Waals surface area contributed by atoms with Crippen LogP contribution in [-0.2, 0) is 16.0 Å². The highest BCUT2D eigenvalue weighted by Crippen LogP contribution is 2.21. The predicted octanol–water partition coefficient (Wildman–Crippen LogP) is 4.09. The molecule has 22 heavy (non-hydrogen) atoms. The number of ether oxygens (including phenoxy) is 1. The second kappa shape index (κ2) is 9.26. The van der Waals surface area contributed by atoms with Crippen LogP contribution in [0.4, 0.5) is 4.39 Å². The Morgan fingerprint density at radius 2 is 2.00 bits per heavy atom. The molecule has 0 aliphatic carbocycles. The van der Waals surface area contributed by atoms with E-state index in [4.69, 9.17) is 0 Å². The van der Waals surface area contributed by atoms with E-state index in [1.54, 1.807) is 12.1 Å². The topological polar surface area (TPSA) is 38.3 Å². The lowest BCUT2D eigenvalue weighted by Gasteiger charge is -2.22. The summed E-state index contributed by atoms with van der Waals surface area (Å²) in [6, 6.07) is 5.45. The quantitative estimate of drug-likeness (QED) is 0.810. The number of carbonyl (C=O) groups is 1. The molecule has 0 unspecified atom stereocenters. The van der Waals surface area contributed by atoms with Crippen LogP contribution in [0.1, 0.15) is 39.2 Å². The van der Waals surface area contributed by atoms with E-state index in [1.165, 1.54) is 12.8 Å². The molecule has 2 rings (SSSR count). The predicted molar refractivity (Wildman–Crippen MR) is 90.3 cm³/mol. The van der Waals surface area contributed by atoms with E-state index in [1.807, 2.05) is 26.8 Å². The number of piperidine rings is 1. The first-order chi connectivity index (χ1) is 10.3. The maximum absolute atomic E-state index is 13.3. The van der Waals surface area contributed by atoms with Crippen LogP contribution in [0.5, 0.6) is 0 Å². The second-order valence-corrected chi connectivity index (χ2v) is 7.33. The van der Waals surface area contributed by atoms with Crippen LogP contribution >= 0.6 is 15.9 Å². The Morgan fingerprint density at radius 3 is 2.45 bits per heavy atom. The molecule has 0 amide bonds. The van der Waals surface area contributed by atoms with Crippen molar-refractivity contribution in [2.75, 3.05) is 13.1 Å². The molecule has 0 bridgehead atoms. The van der Waals surface area contributed by atoms with Crippen LogP contribution in [0.15, 0.2) is 22.7 Å². The van der Waals surface area contributed by atoms with Crippen molar-refractivity contribution in [2.45, 2.75) is 45.6 Å². The molecule has 5 heteroatoms. The maximum atomic E-state index is 13.3. The average molecular weight is 374 g/mol. The van der Waals surface area contributed by atoms with Crippen LogP contribution in [0, 0.1) is 11.7 Å². The first-order valence-electron chi connectivity index (χ1n) is 7.58. The van der Waals surface area contributed by atoms with Gasteiger partial charge in [0.15, 0.2) is 0 Å². The third-order valence-electron chi connectivity index (χ3n) is 3.37. The zero-order valence-electron chi connectivity index (χ0n) is 13.5. The van der Waals surface area contributed by atoms with Crippen LogP contribution in [0.2, 0.25) is 0 Å². The third-order valence-corrected chi connectivity index (χ3v) is 4.01. The fourth-order valence-electron chi connectivity index (χ4n) is 2.23. The van der Waals surface area contributed by atoms with Gasteiger partial charge in [0.1, 0.15) is 11.4 Å². The number of halogens is 2. The molecular formula is C17H25BrFNO2. The third kappa shape index (κ3) is 7.90. The van der Waals surface area contributed by atoms with E-state index in [2.05, 4.69) is 26.0 Å². The van der Waals surface area contributed by atoms with Crippen LogP contribution < -0.4 is 5.32 Å². The van der Waals surface area contributed by atoms with Gasteiger partial charge < -0.3 is 10.1 Å². The molecule has 3 nitrogen and oxygen atoms in total. The van der Waals surface area contributed by atoms with Gasteiger partial charge in [-0.25, -0.2) is 4.39 Å².